The predicted molar refractivity (Wildman–Crippen MR) is 134 cm³/mol. The Labute approximate surface area is 200 Å². The Morgan fingerprint density at radius 3 is 2.09 bits per heavy atom. The number of benzene rings is 1. The monoisotopic (exact) mass is 459 g/mol. The molecule has 7 heteroatoms. The Morgan fingerprint density at radius 2 is 1.56 bits per heavy atom. The Morgan fingerprint density at radius 1 is 0.912 bits per heavy atom. The van der Waals surface area contributed by atoms with Gasteiger partial charge in [0.15, 0.2) is 0 Å². The third-order valence-corrected chi connectivity index (χ3v) is 8.09. The topological polar surface area (TPSA) is 109 Å². The summed E-state index contributed by atoms with van der Waals surface area (Å²) in [6.45, 7) is 2.34. The number of nitrogens with two attached hydrogens (primary N) is 1. The van der Waals surface area contributed by atoms with E-state index in [-0.39, 0.29) is 17.2 Å². The van der Waals surface area contributed by atoms with Gasteiger partial charge >= 0.3 is 0 Å². The van der Waals surface area contributed by atoms with Crippen molar-refractivity contribution in [2.45, 2.75) is 51.5 Å². The Hall–Kier alpha value is -3.03. The fourth-order valence-electron chi connectivity index (χ4n) is 5.65. The van der Waals surface area contributed by atoms with Crippen LogP contribution in [0.1, 0.15) is 56.1 Å². The molecule has 2 amide bonds. The highest BCUT2D eigenvalue weighted by atomic mass is 16.2. The smallest absolute Gasteiger partial charge is 0.231 e. The van der Waals surface area contributed by atoms with Crippen LogP contribution in [0.15, 0.2) is 48.7 Å². The molecule has 0 saturated heterocycles. The summed E-state index contributed by atoms with van der Waals surface area (Å²) in [6.07, 6.45) is 9.36. The molecule has 34 heavy (non-hydrogen) atoms. The first-order valence-electron chi connectivity index (χ1n) is 12.3. The summed E-state index contributed by atoms with van der Waals surface area (Å²) in [6, 6.07) is 11.9. The molecule has 3 aliphatic carbocycles. The van der Waals surface area contributed by atoms with Gasteiger partial charge < -0.3 is 21.7 Å². The molecule has 178 valence electrons. The summed E-state index contributed by atoms with van der Waals surface area (Å²) >= 11 is 0. The van der Waals surface area contributed by atoms with Crippen LogP contribution in [0.3, 0.4) is 0 Å². The maximum atomic E-state index is 13.3. The van der Waals surface area contributed by atoms with E-state index in [0.29, 0.717) is 12.4 Å². The third kappa shape index (κ3) is 4.38. The highest BCUT2D eigenvalue weighted by molar-refractivity contribution is 5.98. The van der Waals surface area contributed by atoms with Crippen LogP contribution in [0.2, 0.25) is 0 Å². The van der Waals surface area contributed by atoms with E-state index in [0.717, 1.165) is 69.3 Å². The van der Waals surface area contributed by atoms with E-state index < -0.39 is 5.41 Å². The van der Waals surface area contributed by atoms with Gasteiger partial charge in [0.1, 0.15) is 5.82 Å². The molecule has 0 spiro atoms. The van der Waals surface area contributed by atoms with Crippen LogP contribution in [0.25, 0.3) is 5.57 Å². The average Bonchev–Trinajstić information content (AvgIpc) is 2.91. The van der Waals surface area contributed by atoms with Gasteiger partial charge in [0, 0.05) is 35.8 Å². The SMILES string of the molecule is NCc1ccc(NC(=O)C23CCC(C(=O)Nc4ccc(C5=CCNCC5)cc4)(CC2)CC3)nc1. The first-order valence-corrected chi connectivity index (χ1v) is 12.3. The van der Waals surface area contributed by atoms with E-state index >= 15 is 0 Å². The minimum Gasteiger partial charge on any atom is -0.326 e. The van der Waals surface area contributed by atoms with Crippen molar-refractivity contribution >= 4 is 28.9 Å². The lowest BCUT2D eigenvalue weighted by atomic mass is 9.53. The number of pyridine rings is 1. The molecule has 3 saturated carbocycles. The Bertz CT molecular complexity index is 1070. The van der Waals surface area contributed by atoms with Crippen molar-refractivity contribution in [2.75, 3.05) is 23.7 Å². The number of hydrogen-bond donors (Lipinski definition) is 4. The Balaban J connectivity index is 1.19. The second-order valence-corrected chi connectivity index (χ2v) is 9.99. The van der Waals surface area contributed by atoms with Crippen molar-refractivity contribution in [1.29, 1.82) is 0 Å². The highest BCUT2D eigenvalue weighted by Gasteiger charge is 2.55. The maximum absolute atomic E-state index is 13.3. The number of nitrogens with zero attached hydrogens (tertiary/aromatic N) is 1. The van der Waals surface area contributed by atoms with Crippen molar-refractivity contribution in [3.8, 4) is 0 Å². The standard InChI is InChI=1S/C27H33N5O2/c28-17-19-1-6-23(30-18-19)32-25(34)27-12-9-26(10-13-27,11-14-27)24(33)31-22-4-2-20(3-5-22)21-7-15-29-16-8-21/h1-7,18,29H,8-17,28H2,(H,31,33)(H,30,32,34). The lowest BCUT2D eigenvalue weighted by molar-refractivity contribution is -0.144. The van der Waals surface area contributed by atoms with Crippen molar-refractivity contribution in [1.82, 2.24) is 10.3 Å². The van der Waals surface area contributed by atoms with Crippen LogP contribution in [-0.2, 0) is 16.1 Å². The number of aromatic nitrogens is 1. The van der Waals surface area contributed by atoms with Gasteiger partial charge in [0.25, 0.3) is 0 Å². The van der Waals surface area contributed by atoms with E-state index in [4.69, 9.17) is 5.73 Å². The molecular weight excluding hydrogens is 426 g/mol. The molecule has 2 bridgehead atoms. The highest BCUT2D eigenvalue weighted by Crippen LogP contribution is 2.57. The molecule has 1 aliphatic heterocycles. The number of nitrogens with one attached hydrogen (secondary N) is 3. The van der Waals surface area contributed by atoms with E-state index in [9.17, 15) is 9.59 Å². The first-order chi connectivity index (χ1) is 16.5. The number of anilines is 2. The number of fused-ring (bicyclic) bond motifs is 3. The van der Waals surface area contributed by atoms with Gasteiger partial charge in [0.2, 0.25) is 11.8 Å². The Kier molecular flexibility index (Phi) is 6.23. The number of carbonyl (C=O) groups is 2. The second kappa shape index (κ2) is 9.31. The molecular formula is C27H33N5O2. The van der Waals surface area contributed by atoms with Crippen LogP contribution < -0.4 is 21.7 Å². The molecule has 5 N–H and O–H groups in total. The number of rotatable bonds is 6. The molecule has 1 aromatic heterocycles. The minimum atomic E-state index is -0.402. The molecule has 4 aliphatic rings. The summed E-state index contributed by atoms with van der Waals surface area (Å²) < 4.78 is 0. The summed E-state index contributed by atoms with van der Waals surface area (Å²) in [5, 5.41) is 9.49. The second-order valence-electron chi connectivity index (χ2n) is 9.99. The summed E-state index contributed by atoms with van der Waals surface area (Å²) in [7, 11) is 0. The molecule has 2 heterocycles. The van der Waals surface area contributed by atoms with Gasteiger partial charge in [0.05, 0.1) is 0 Å². The normalized spacial score (nSPS) is 26.0. The molecule has 1 aromatic carbocycles. The van der Waals surface area contributed by atoms with E-state index in [1.165, 1.54) is 11.1 Å². The van der Waals surface area contributed by atoms with E-state index in [1.54, 1.807) is 12.3 Å². The van der Waals surface area contributed by atoms with Gasteiger partial charge in [-0.2, -0.15) is 0 Å². The summed E-state index contributed by atoms with van der Waals surface area (Å²) in [4.78, 5) is 30.8. The fourth-order valence-corrected chi connectivity index (χ4v) is 5.65. The third-order valence-electron chi connectivity index (χ3n) is 8.09. The van der Waals surface area contributed by atoms with Crippen LogP contribution in [0.4, 0.5) is 11.5 Å². The van der Waals surface area contributed by atoms with Crippen LogP contribution in [0.5, 0.6) is 0 Å². The van der Waals surface area contributed by atoms with Crippen molar-refractivity contribution in [3.05, 3.63) is 59.8 Å². The molecule has 0 atom stereocenters. The molecule has 6 rings (SSSR count). The van der Waals surface area contributed by atoms with E-state index in [1.807, 2.05) is 18.2 Å². The quantitative estimate of drug-likeness (QED) is 0.525. The van der Waals surface area contributed by atoms with Gasteiger partial charge in [-0.15, -0.1) is 0 Å². The fraction of sp³-hybridized carbons (Fsp3) is 0.444. The first kappa shape index (κ1) is 22.7. The maximum Gasteiger partial charge on any atom is 0.231 e. The van der Waals surface area contributed by atoms with Gasteiger partial charge in [-0.05, 0) is 86.4 Å². The van der Waals surface area contributed by atoms with Crippen LogP contribution in [0, 0.1) is 10.8 Å². The number of carbonyl (C=O) groups excluding carboxylic acids is 2. The van der Waals surface area contributed by atoms with Crippen molar-refractivity contribution in [3.63, 3.8) is 0 Å². The minimum absolute atomic E-state index is 0.0250. The summed E-state index contributed by atoms with van der Waals surface area (Å²) in [5.74, 6) is 0.673. The van der Waals surface area contributed by atoms with Crippen molar-refractivity contribution in [2.24, 2.45) is 16.6 Å². The molecule has 0 unspecified atom stereocenters. The van der Waals surface area contributed by atoms with Crippen LogP contribution in [-0.4, -0.2) is 29.9 Å². The number of amides is 2. The van der Waals surface area contributed by atoms with Gasteiger partial charge in [-0.1, -0.05) is 24.3 Å². The van der Waals surface area contributed by atoms with Gasteiger partial charge in [-0.25, -0.2) is 4.98 Å². The summed E-state index contributed by atoms with van der Waals surface area (Å²) in [5.41, 5.74) is 9.19. The average molecular weight is 460 g/mol. The van der Waals surface area contributed by atoms with Crippen LogP contribution >= 0.6 is 0 Å². The van der Waals surface area contributed by atoms with E-state index in [2.05, 4.69) is 39.1 Å². The molecule has 0 radical (unpaired) electrons. The molecule has 7 nitrogen and oxygen atoms in total. The zero-order valence-corrected chi connectivity index (χ0v) is 19.5. The number of hydrogen-bond acceptors (Lipinski definition) is 5. The lowest BCUT2D eigenvalue weighted by Gasteiger charge is -2.51. The van der Waals surface area contributed by atoms with Crippen molar-refractivity contribution < 1.29 is 9.59 Å². The zero-order chi connectivity index (χ0) is 23.6. The zero-order valence-electron chi connectivity index (χ0n) is 19.5. The molecule has 2 aromatic rings. The lowest BCUT2D eigenvalue weighted by Crippen LogP contribution is -2.52. The molecule has 3 fully saturated rings. The largest absolute Gasteiger partial charge is 0.326 e. The predicted octanol–water partition coefficient (Wildman–Crippen LogP) is 3.83. The van der Waals surface area contributed by atoms with Gasteiger partial charge in [-0.3, -0.25) is 9.59 Å².